The summed E-state index contributed by atoms with van der Waals surface area (Å²) in [5.41, 5.74) is 7.98. The van der Waals surface area contributed by atoms with Crippen LogP contribution in [0.4, 0.5) is 11.4 Å². The molecule has 1 amide bonds. The van der Waals surface area contributed by atoms with Crippen molar-refractivity contribution in [1.29, 1.82) is 0 Å². The molecule has 98 valence electrons. The molecule has 1 aliphatic carbocycles. The Hall–Kier alpha value is -1.22. The van der Waals surface area contributed by atoms with E-state index in [1.807, 2.05) is 6.92 Å². The molecule has 0 atom stereocenters. The minimum absolute atomic E-state index is 0.110. The van der Waals surface area contributed by atoms with E-state index in [-0.39, 0.29) is 11.8 Å². The fraction of sp³-hybridized carbons (Fsp3) is 0.500. The van der Waals surface area contributed by atoms with Crippen molar-refractivity contribution in [2.24, 2.45) is 5.92 Å². The Morgan fingerprint density at radius 3 is 2.67 bits per heavy atom. The Labute approximate surface area is 113 Å². The molecule has 0 unspecified atom stereocenters. The molecule has 18 heavy (non-hydrogen) atoms. The largest absolute Gasteiger partial charge is 0.398 e. The molecule has 3 nitrogen and oxygen atoms in total. The third kappa shape index (κ3) is 2.96. The second kappa shape index (κ2) is 5.61. The van der Waals surface area contributed by atoms with Crippen molar-refractivity contribution in [2.45, 2.75) is 39.0 Å². The maximum absolute atomic E-state index is 12.1. The van der Waals surface area contributed by atoms with E-state index in [0.29, 0.717) is 10.7 Å². The van der Waals surface area contributed by atoms with E-state index in [4.69, 9.17) is 17.3 Å². The first kappa shape index (κ1) is 13.2. The van der Waals surface area contributed by atoms with Gasteiger partial charge in [-0.2, -0.15) is 0 Å². The van der Waals surface area contributed by atoms with Crippen LogP contribution in [0.15, 0.2) is 12.1 Å². The van der Waals surface area contributed by atoms with E-state index in [1.54, 1.807) is 12.1 Å². The molecule has 2 rings (SSSR count). The second-order valence-corrected chi connectivity index (χ2v) is 5.42. The Balaban J connectivity index is 2.08. The molecule has 0 aromatic heterocycles. The lowest BCUT2D eigenvalue weighted by molar-refractivity contribution is -0.120. The summed E-state index contributed by atoms with van der Waals surface area (Å²) in [7, 11) is 0. The molecule has 1 aliphatic rings. The lowest BCUT2D eigenvalue weighted by Crippen LogP contribution is -2.25. The van der Waals surface area contributed by atoms with Crippen LogP contribution < -0.4 is 11.1 Å². The Morgan fingerprint density at radius 2 is 2.00 bits per heavy atom. The maximum atomic E-state index is 12.1. The number of hydrogen-bond donors (Lipinski definition) is 2. The van der Waals surface area contributed by atoms with Gasteiger partial charge in [0.1, 0.15) is 0 Å². The van der Waals surface area contributed by atoms with E-state index >= 15 is 0 Å². The van der Waals surface area contributed by atoms with Gasteiger partial charge in [-0.1, -0.05) is 30.9 Å². The molecule has 0 aliphatic heterocycles. The van der Waals surface area contributed by atoms with Gasteiger partial charge in [-0.15, -0.1) is 0 Å². The van der Waals surface area contributed by atoms with Gasteiger partial charge in [0, 0.05) is 11.6 Å². The highest BCUT2D eigenvalue weighted by atomic mass is 35.5. The van der Waals surface area contributed by atoms with Crippen LogP contribution in [0.25, 0.3) is 0 Å². The highest BCUT2D eigenvalue weighted by molar-refractivity contribution is 6.33. The predicted octanol–water partition coefficient (Wildman–Crippen LogP) is 3.75. The van der Waals surface area contributed by atoms with Crippen molar-refractivity contribution in [2.75, 3.05) is 11.1 Å². The van der Waals surface area contributed by atoms with Gasteiger partial charge in [0.05, 0.1) is 10.7 Å². The molecule has 1 aromatic carbocycles. The fourth-order valence-corrected chi connectivity index (χ4v) is 2.60. The highest BCUT2D eigenvalue weighted by Gasteiger charge is 2.21. The number of anilines is 2. The molecule has 0 heterocycles. The van der Waals surface area contributed by atoms with Gasteiger partial charge in [0.25, 0.3) is 0 Å². The maximum Gasteiger partial charge on any atom is 0.227 e. The number of hydrogen-bond acceptors (Lipinski definition) is 2. The lowest BCUT2D eigenvalue weighted by Gasteiger charge is -2.21. The molecule has 0 saturated heterocycles. The Morgan fingerprint density at radius 1 is 1.33 bits per heavy atom. The van der Waals surface area contributed by atoms with E-state index < -0.39 is 0 Å². The average molecular weight is 267 g/mol. The average Bonchev–Trinajstić information content (AvgIpc) is 2.37. The molecular weight excluding hydrogens is 248 g/mol. The summed E-state index contributed by atoms with van der Waals surface area (Å²) in [5, 5.41) is 3.45. The molecule has 0 spiro atoms. The molecule has 1 saturated carbocycles. The van der Waals surface area contributed by atoms with Gasteiger partial charge >= 0.3 is 0 Å². The summed E-state index contributed by atoms with van der Waals surface area (Å²) < 4.78 is 0. The number of rotatable bonds is 2. The number of carbonyl (C=O) groups excluding carboxylic acids is 1. The molecule has 4 heteroatoms. The van der Waals surface area contributed by atoms with Crippen molar-refractivity contribution in [3.63, 3.8) is 0 Å². The Kier molecular flexibility index (Phi) is 4.12. The zero-order chi connectivity index (χ0) is 13.1. The lowest BCUT2D eigenvalue weighted by atomic mass is 9.88. The van der Waals surface area contributed by atoms with Gasteiger partial charge in [-0.25, -0.2) is 0 Å². The fourth-order valence-electron chi connectivity index (χ4n) is 2.44. The smallest absolute Gasteiger partial charge is 0.227 e. The number of nitrogens with two attached hydrogens (primary N) is 1. The van der Waals surface area contributed by atoms with E-state index in [1.165, 1.54) is 6.42 Å². The summed E-state index contributed by atoms with van der Waals surface area (Å²) in [4.78, 5) is 12.1. The summed E-state index contributed by atoms with van der Waals surface area (Å²) in [6.07, 6.45) is 5.54. The number of amides is 1. The van der Waals surface area contributed by atoms with Crippen LogP contribution in [-0.4, -0.2) is 5.91 Å². The van der Waals surface area contributed by atoms with E-state index in [0.717, 1.165) is 36.9 Å². The number of halogens is 1. The van der Waals surface area contributed by atoms with Crippen molar-refractivity contribution in [1.82, 2.24) is 0 Å². The zero-order valence-electron chi connectivity index (χ0n) is 10.6. The van der Waals surface area contributed by atoms with Crippen LogP contribution in [0.3, 0.4) is 0 Å². The third-order valence-electron chi connectivity index (χ3n) is 3.58. The number of aryl methyl sites for hydroxylation is 1. The van der Waals surface area contributed by atoms with Gasteiger partial charge in [0.15, 0.2) is 0 Å². The molecule has 1 aromatic rings. The topological polar surface area (TPSA) is 55.1 Å². The standard InChI is InChI=1S/C14H19ClN2O/c1-9-7-12(16)11(15)8-13(9)17-14(18)10-5-3-2-4-6-10/h7-8,10H,2-6,16H2,1H3,(H,17,18). The number of nitrogens with one attached hydrogen (secondary N) is 1. The van der Waals surface area contributed by atoms with Gasteiger partial charge in [0.2, 0.25) is 5.91 Å². The van der Waals surface area contributed by atoms with Crippen LogP contribution >= 0.6 is 11.6 Å². The quantitative estimate of drug-likeness (QED) is 0.801. The van der Waals surface area contributed by atoms with Crippen molar-refractivity contribution < 1.29 is 4.79 Å². The van der Waals surface area contributed by atoms with Crippen molar-refractivity contribution in [3.8, 4) is 0 Å². The van der Waals surface area contributed by atoms with Gasteiger partial charge in [-0.05, 0) is 37.5 Å². The number of carbonyl (C=O) groups is 1. The van der Waals surface area contributed by atoms with E-state index in [2.05, 4.69) is 5.32 Å². The summed E-state index contributed by atoms with van der Waals surface area (Å²) in [6, 6.07) is 3.52. The van der Waals surface area contributed by atoms with E-state index in [9.17, 15) is 4.79 Å². The molecule has 1 fully saturated rings. The first-order valence-electron chi connectivity index (χ1n) is 6.44. The SMILES string of the molecule is Cc1cc(N)c(Cl)cc1NC(=O)C1CCCCC1. The number of nitrogen functional groups attached to an aromatic ring is 1. The second-order valence-electron chi connectivity index (χ2n) is 5.01. The Bertz CT molecular complexity index is 453. The van der Waals surface area contributed by atoms with Crippen molar-refractivity contribution >= 4 is 28.9 Å². The molecular formula is C14H19ClN2O. The first-order chi connectivity index (χ1) is 8.58. The number of benzene rings is 1. The normalized spacial score (nSPS) is 16.6. The van der Waals surface area contributed by atoms with Crippen molar-refractivity contribution in [3.05, 3.63) is 22.7 Å². The third-order valence-corrected chi connectivity index (χ3v) is 3.90. The van der Waals surface area contributed by atoms with Crippen LogP contribution in [0.5, 0.6) is 0 Å². The zero-order valence-corrected chi connectivity index (χ0v) is 11.4. The molecule has 0 radical (unpaired) electrons. The minimum Gasteiger partial charge on any atom is -0.398 e. The predicted molar refractivity (Wildman–Crippen MR) is 75.8 cm³/mol. The minimum atomic E-state index is 0.110. The first-order valence-corrected chi connectivity index (χ1v) is 6.82. The summed E-state index contributed by atoms with van der Waals surface area (Å²) in [6.45, 7) is 1.92. The van der Waals surface area contributed by atoms with Crippen LogP contribution in [0.2, 0.25) is 5.02 Å². The van der Waals surface area contributed by atoms with Crippen LogP contribution in [0, 0.1) is 12.8 Å². The van der Waals surface area contributed by atoms with Gasteiger partial charge < -0.3 is 11.1 Å². The summed E-state index contributed by atoms with van der Waals surface area (Å²) in [5.74, 6) is 0.258. The monoisotopic (exact) mass is 266 g/mol. The summed E-state index contributed by atoms with van der Waals surface area (Å²) >= 11 is 5.98. The molecule has 0 bridgehead atoms. The molecule has 3 N–H and O–H groups in total. The van der Waals surface area contributed by atoms with Crippen LogP contribution in [0.1, 0.15) is 37.7 Å². The van der Waals surface area contributed by atoms with Crippen LogP contribution in [-0.2, 0) is 4.79 Å². The van der Waals surface area contributed by atoms with Gasteiger partial charge in [-0.3, -0.25) is 4.79 Å². The highest BCUT2D eigenvalue weighted by Crippen LogP contribution is 2.29.